The minimum absolute atomic E-state index is 0.0549. The molecule has 13 heteroatoms. The number of H-pyrrole nitrogens is 1. The average molecular weight is 619 g/mol. The Morgan fingerprint density at radius 2 is 1.96 bits per heavy atom. The molecule has 0 aliphatic carbocycles. The summed E-state index contributed by atoms with van der Waals surface area (Å²) in [5, 5.41) is 12.6. The van der Waals surface area contributed by atoms with Crippen LogP contribution in [0.1, 0.15) is 47.3 Å². The number of nitrogens with zero attached hydrogens (tertiary/aromatic N) is 6. The van der Waals surface area contributed by atoms with Gasteiger partial charge in [-0.2, -0.15) is 18.4 Å². The Bertz CT molecular complexity index is 1760. The number of anilines is 1. The summed E-state index contributed by atoms with van der Waals surface area (Å²) in [6.45, 7) is 5.80. The maximum atomic E-state index is 14.1. The van der Waals surface area contributed by atoms with Gasteiger partial charge in [0.25, 0.3) is 0 Å². The number of aromatic nitrogens is 3. The molecule has 1 aromatic carbocycles. The first kappa shape index (κ1) is 30.4. The van der Waals surface area contributed by atoms with Gasteiger partial charge in [-0.05, 0) is 54.9 Å². The molecule has 2 N–H and O–H groups in total. The number of benzene rings is 1. The minimum atomic E-state index is -4.56. The maximum absolute atomic E-state index is 14.1. The van der Waals surface area contributed by atoms with Crippen LogP contribution in [0.5, 0.6) is 11.5 Å². The molecule has 1 atom stereocenters. The first-order valence-electron chi connectivity index (χ1n) is 14.8. The highest BCUT2D eigenvalue weighted by molar-refractivity contribution is 5.90. The number of carbonyl (C=O) groups is 1. The summed E-state index contributed by atoms with van der Waals surface area (Å²) in [7, 11) is 2.00. The van der Waals surface area contributed by atoms with Gasteiger partial charge >= 0.3 is 12.2 Å². The number of nitriles is 1. The van der Waals surface area contributed by atoms with Crippen LogP contribution in [0.2, 0.25) is 0 Å². The molecule has 1 unspecified atom stereocenters. The van der Waals surface area contributed by atoms with Gasteiger partial charge in [0, 0.05) is 63.6 Å². The number of hydrogen-bond acceptors (Lipinski definition) is 7. The van der Waals surface area contributed by atoms with Crippen molar-refractivity contribution in [1.82, 2.24) is 29.7 Å². The smallest absolute Gasteiger partial charge is 0.416 e. The van der Waals surface area contributed by atoms with Gasteiger partial charge in [-0.3, -0.25) is 9.88 Å². The number of nitrogens with one attached hydrogen (secondary N) is 2. The van der Waals surface area contributed by atoms with Crippen LogP contribution < -0.4 is 10.1 Å². The Morgan fingerprint density at radius 1 is 1.16 bits per heavy atom. The molecule has 0 radical (unpaired) electrons. The van der Waals surface area contributed by atoms with E-state index >= 15 is 0 Å². The second kappa shape index (κ2) is 12.4. The van der Waals surface area contributed by atoms with E-state index in [0.717, 1.165) is 30.4 Å². The number of fused-ring (bicyclic) bond motifs is 2. The van der Waals surface area contributed by atoms with Gasteiger partial charge in [0.05, 0.1) is 22.8 Å². The van der Waals surface area contributed by atoms with E-state index < -0.39 is 17.8 Å². The molecule has 2 aliphatic rings. The SMILES string of the molecule is CCC1CN(C(=O)Nc2ccc(CN3CCN(C)CC3)c(C(F)(F)F)c2)Cc2cc(Oc3ccnc4[nH]c(C#N)cc34)cnc21. The van der Waals surface area contributed by atoms with Crippen LogP contribution in [0.4, 0.5) is 23.7 Å². The van der Waals surface area contributed by atoms with Crippen LogP contribution in [0.3, 0.4) is 0 Å². The van der Waals surface area contributed by atoms with Gasteiger partial charge < -0.3 is 24.8 Å². The summed E-state index contributed by atoms with van der Waals surface area (Å²) in [5.41, 5.74) is 2.06. The van der Waals surface area contributed by atoms with Crippen molar-refractivity contribution >= 4 is 22.8 Å². The Labute approximate surface area is 258 Å². The fourth-order valence-corrected chi connectivity index (χ4v) is 5.93. The lowest BCUT2D eigenvalue weighted by molar-refractivity contribution is -0.138. The number of aromatic amines is 1. The zero-order chi connectivity index (χ0) is 31.7. The average Bonchev–Trinajstić information content (AvgIpc) is 3.46. The molecule has 0 spiro atoms. The van der Waals surface area contributed by atoms with Crippen LogP contribution in [-0.4, -0.2) is 75.5 Å². The Kier molecular flexibility index (Phi) is 8.35. The third-order valence-corrected chi connectivity index (χ3v) is 8.44. The van der Waals surface area contributed by atoms with Gasteiger partial charge in [-0.1, -0.05) is 13.0 Å². The zero-order valence-corrected chi connectivity index (χ0v) is 25.0. The van der Waals surface area contributed by atoms with E-state index in [1.54, 1.807) is 29.4 Å². The Hall–Kier alpha value is -4.67. The summed E-state index contributed by atoms with van der Waals surface area (Å²) in [4.78, 5) is 31.0. The van der Waals surface area contributed by atoms with Crippen LogP contribution in [0, 0.1) is 11.3 Å². The predicted molar refractivity (Wildman–Crippen MR) is 162 cm³/mol. The van der Waals surface area contributed by atoms with E-state index in [1.165, 1.54) is 12.1 Å². The molecule has 5 heterocycles. The number of hydrogen-bond donors (Lipinski definition) is 2. The standard InChI is InChI=1S/C32H33F3N8O2/c1-3-20-18-43(19-22-12-25(16-38-29(20)22)45-28-6-7-37-30-26(28)13-24(15-36)39-30)31(44)40-23-5-4-21(27(14-23)32(33,34)35)17-42-10-8-41(2)9-11-42/h4-7,12-14,16,20H,3,8-11,17-19H2,1-2H3,(H,37,39)(H,40,44). The summed E-state index contributed by atoms with van der Waals surface area (Å²) in [6.07, 6.45) is -0.638. The van der Waals surface area contributed by atoms with Crippen LogP contribution in [0.15, 0.2) is 48.8 Å². The molecule has 0 bridgehead atoms. The fourth-order valence-electron chi connectivity index (χ4n) is 5.93. The number of alkyl halides is 3. The molecule has 45 heavy (non-hydrogen) atoms. The molecule has 10 nitrogen and oxygen atoms in total. The van der Waals surface area contributed by atoms with Crippen LogP contribution in [0.25, 0.3) is 11.0 Å². The maximum Gasteiger partial charge on any atom is 0.416 e. The molecule has 2 amide bonds. The summed E-state index contributed by atoms with van der Waals surface area (Å²) < 4.78 is 48.5. The number of urea groups is 1. The number of halogens is 3. The highest BCUT2D eigenvalue weighted by Gasteiger charge is 2.35. The van der Waals surface area contributed by atoms with E-state index in [4.69, 9.17) is 4.74 Å². The van der Waals surface area contributed by atoms with E-state index in [2.05, 4.69) is 31.2 Å². The van der Waals surface area contributed by atoms with Crippen molar-refractivity contribution in [1.29, 1.82) is 5.26 Å². The number of amides is 2. The summed E-state index contributed by atoms with van der Waals surface area (Å²) in [5.74, 6) is 0.887. The van der Waals surface area contributed by atoms with Crippen molar-refractivity contribution in [3.05, 3.63) is 76.9 Å². The highest BCUT2D eigenvalue weighted by Crippen LogP contribution is 2.36. The first-order chi connectivity index (χ1) is 21.6. The van der Waals surface area contributed by atoms with E-state index in [0.29, 0.717) is 54.3 Å². The second-order valence-electron chi connectivity index (χ2n) is 11.5. The van der Waals surface area contributed by atoms with E-state index in [1.807, 2.05) is 24.9 Å². The highest BCUT2D eigenvalue weighted by atomic mass is 19.4. The Morgan fingerprint density at radius 3 is 2.69 bits per heavy atom. The van der Waals surface area contributed by atoms with Gasteiger partial charge in [-0.15, -0.1) is 0 Å². The lowest BCUT2D eigenvalue weighted by atomic mass is 9.92. The fraction of sp³-hybridized carbons (Fsp3) is 0.375. The number of piperazine rings is 1. The largest absolute Gasteiger partial charge is 0.455 e. The molecule has 1 saturated heterocycles. The van der Waals surface area contributed by atoms with Crippen molar-refractivity contribution in [2.75, 3.05) is 45.1 Å². The number of likely N-dealkylation sites (N-methyl/N-ethyl adjacent to an activating group) is 1. The normalized spacial score (nSPS) is 17.6. The van der Waals surface area contributed by atoms with Crippen molar-refractivity contribution in [2.45, 2.75) is 38.5 Å². The number of rotatable bonds is 6. The van der Waals surface area contributed by atoms with Gasteiger partial charge in [0.15, 0.2) is 0 Å². The Balaban J connectivity index is 1.19. The first-order valence-corrected chi connectivity index (χ1v) is 14.8. The quantitative estimate of drug-likeness (QED) is 0.276. The molecule has 3 aromatic heterocycles. The molecular formula is C32H33F3N8O2. The minimum Gasteiger partial charge on any atom is -0.455 e. The van der Waals surface area contributed by atoms with Gasteiger partial charge in [0.2, 0.25) is 0 Å². The zero-order valence-electron chi connectivity index (χ0n) is 25.0. The summed E-state index contributed by atoms with van der Waals surface area (Å²) in [6, 6.07) is 10.8. The second-order valence-corrected chi connectivity index (χ2v) is 11.5. The van der Waals surface area contributed by atoms with Crippen molar-refractivity contribution in [2.24, 2.45) is 0 Å². The number of carbonyl (C=O) groups excluding carboxylic acids is 1. The van der Waals surface area contributed by atoms with Gasteiger partial charge in [-0.25, -0.2) is 9.78 Å². The van der Waals surface area contributed by atoms with Crippen molar-refractivity contribution in [3.63, 3.8) is 0 Å². The third-order valence-electron chi connectivity index (χ3n) is 8.44. The van der Waals surface area contributed by atoms with Crippen LogP contribution >= 0.6 is 0 Å². The molecular weight excluding hydrogens is 585 g/mol. The lowest BCUT2D eigenvalue weighted by Crippen LogP contribution is -2.44. The molecule has 6 rings (SSSR count). The van der Waals surface area contributed by atoms with E-state index in [9.17, 15) is 23.2 Å². The third kappa shape index (κ3) is 6.57. The predicted octanol–water partition coefficient (Wildman–Crippen LogP) is 5.93. The van der Waals surface area contributed by atoms with Crippen LogP contribution in [-0.2, 0) is 19.3 Å². The number of ether oxygens (including phenoxy) is 1. The van der Waals surface area contributed by atoms with Crippen molar-refractivity contribution < 1.29 is 22.7 Å². The number of pyridine rings is 2. The van der Waals surface area contributed by atoms with E-state index in [-0.39, 0.29) is 30.3 Å². The molecule has 4 aromatic rings. The topological polar surface area (TPSA) is 113 Å². The summed E-state index contributed by atoms with van der Waals surface area (Å²) >= 11 is 0. The lowest BCUT2D eigenvalue weighted by Gasteiger charge is -2.34. The monoisotopic (exact) mass is 618 g/mol. The van der Waals surface area contributed by atoms with Gasteiger partial charge in [0.1, 0.15) is 28.9 Å². The molecule has 234 valence electrons. The molecule has 0 saturated carbocycles. The molecule has 2 aliphatic heterocycles. The van der Waals surface area contributed by atoms with Crippen molar-refractivity contribution in [3.8, 4) is 17.6 Å². The molecule has 1 fully saturated rings.